The Morgan fingerprint density at radius 2 is 2.17 bits per heavy atom. The molecule has 1 amide bonds. The number of rotatable bonds is 7. The number of carboxylic acid groups (broad SMARTS) is 1. The molecule has 1 aromatic rings. The molecule has 0 bridgehead atoms. The molecule has 0 saturated carbocycles. The second kappa shape index (κ2) is 6.80. The van der Waals surface area contributed by atoms with Gasteiger partial charge in [0.2, 0.25) is 5.91 Å². The largest absolute Gasteiger partial charge is 0.478 e. The molecular weight excluding hydrogens is 236 g/mol. The summed E-state index contributed by atoms with van der Waals surface area (Å²) in [6.45, 7) is 4.99. The first-order chi connectivity index (χ1) is 8.50. The Labute approximate surface area is 105 Å². The SMILES string of the molecule is CC(C)CNC(=O)CNCc1occc1C(=O)O. The molecule has 1 heterocycles. The smallest absolute Gasteiger partial charge is 0.339 e. The number of furan rings is 1. The van der Waals surface area contributed by atoms with Gasteiger partial charge in [-0.3, -0.25) is 4.79 Å². The summed E-state index contributed by atoms with van der Waals surface area (Å²) in [4.78, 5) is 22.2. The van der Waals surface area contributed by atoms with Gasteiger partial charge in [0.15, 0.2) is 0 Å². The lowest BCUT2D eigenvalue weighted by atomic mass is 10.2. The molecule has 0 atom stereocenters. The summed E-state index contributed by atoms with van der Waals surface area (Å²) >= 11 is 0. The Morgan fingerprint density at radius 3 is 2.78 bits per heavy atom. The van der Waals surface area contributed by atoms with Crippen molar-refractivity contribution in [2.45, 2.75) is 20.4 Å². The predicted octanol–water partition coefficient (Wildman–Crippen LogP) is 0.840. The molecule has 0 aliphatic rings. The predicted molar refractivity (Wildman–Crippen MR) is 65.2 cm³/mol. The molecule has 0 aliphatic carbocycles. The number of carbonyl (C=O) groups excluding carboxylic acids is 1. The zero-order valence-corrected chi connectivity index (χ0v) is 10.5. The molecule has 0 spiro atoms. The molecule has 18 heavy (non-hydrogen) atoms. The van der Waals surface area contributed by atoms with Crippen LogP contribution in [-0.4, -0.2) is 30.1 Å². The van der Waals surface area contributed by atoms with Gasteiger partial charge >= 0.3 is 5.97 Å². The fourth-order valence-corrected chi connectivity index (χ4v) is 1.34. The number of carbonyl (C=O) groups is 2. The minimum absolute atomic E-state index is 0.116. The fourth-order valence-electron chi connectivity index (χ4n) is 1.34. The Morgan fingerprint density at radius 1 is 1.44 bits per heavy atom. The average Bonchev–Trinajstić information content (AvgIpc) is 2.74. The van der Waals surface area contributed by atoms with E-state index in [1.54, 1.807) is 0 Å². The third kappa shape index (κ3) is 4.58. The van der Waals surface area contributed by atoms with Crippen molar-refractivity contribution in [1.82, 2.24) is 10.6 Å². The maximum Gasteiger partial charge on any atom is 0.339 e. The van der Waals surface area contributed by atoms with Crippen LogP contribution in [-0.2, 0) is 11.3 Å². The third-order valence-electron chi connectivity index (χ3n) is 2.25. The third-order valence-corrected chi connectivity index (χ3v) is 2.25. The molecule has 0 unspecified atom stereocenters. The number of carboxylic acids is 1. The summed E-state index contributed by atoms with van der Waals surface area (Å²) in [6, 6.07) is 1.39. The van der Waals surface area contributed by atoms with E-state index in [2.05, 4.69) is 10.6 Å². The highest BCUT2D eigenvalue weighted by Gasteiger charge is 2.13. The Balaban J connectivity index is 2.31. The van der Waals surface area contributed by atoms with Crippen LogP contribution in [0.4, 0.5) is 0 Å². The first-order valence-corrected chi connectivity index (χ1v) is 5.77. The van der Waals surface area contributed by atoms with Gasteiger partial charge in [-0.25, -0.2) is 4.79 Å². The van der Waals surface area contributed by atoms with Crippen molar-refractivity contribution in [3.63, 3.8) is 0 Å². The second-order valence-electron chi connectivity index (χ2n) is 4.36. The summed E-state index contributed by atoms with van der Waals surface area (Å²) in [5.41, 5.74) is 0.116. The highest BCUT2D eigenvalue weighted by atomic mass is 16.4. The first-order valence-electron chi connectivity index (χ1n) is 5.77. The van der Waals surface area contributed by atoms with Crippen LogP contribution < -0.4 is 10.6 Å². The van der Waals surface area contributed by atoms with Crippen LogP contribution in [0, 0.1) is 5.92 Å². The van der Waals surface area contributed by atoms with E-state index >= 15 is 0 Å². The molecule has 0 aliphatic heterocycles. The lowest BCUT2D eigenvalue weighted by Gasteiger charge is -2.08. The molecule has 0 radical (unpaired) electrons. The standard InChI is InChI=1S/C12H18N2O4/c1-8(2)5-14-11(15)7-13-6-10-9(12(16)17)3-4-18-10/h3-4,8,13H,5-7H2,1-2H3,(H,14,15)(H,16,17). The summed E-state index contributed by atoms with van der Waals surface area (Å²) in [5.74, 6) is -0.436. The van der Waals surface area contributed by atoms with Crippen molar-refractivity contribution in [2.75, 3.05) is 13.1 Å². The van der Waals surface area contributed by atoms with Crippen molar-refractivity contribution in [3.05, 3.63) is 23.7 Å². The van der Waals surface area contributed by atoms with Crippen molar-refractivity contribution in [3.8, 4) is 0 Å². The van der Waals surface area contributed by atoms with Crippen LogP contribution in [0.5, 0.6) is 0 Å². The lowest BCUT2D eigenvalue weighted by molar-refractivity contribution is -0.120. The van der Waals surface area contributed by atoms with Crippen LogP contribution in [0.25, 0.3) is 0 Å². The Bertz CT molecular complexity index is 412. The second-order valence-corrected chi connectivity index (χ2v) is 4.36. The van der Waals surface area contributed by atoms with Crippen molar-refractivity contribution in [1.29, 1.82) is 0 Å². The molecule has 0 fully saturated rings. The molecule has 0 aromatic carbocycles. The van der Waals surface area contributed by atoms with E-state index in [-0.39, 0.29) is 24.6 Å². The van der Waals surface area contributed by atoms with E-state index < -0.39 is 5.97 Å². The van der Waals surface area contributed by atoms with Crippen molar-refractivity contribution >= 4 is 11.9 Å². The molecule has 0 saturated heterocycles. The van der Waals surface area contributed by atoms with Crippen LogP contribution in [0.15, 0.2) is 16.7 Å². The van der Waals surface area contributed by atoms with E-state index in [4.69, 9.17) is 9.52 Å². The quantitative estimate of drug-likeness (QED) is 0.670. The first kappa shape index (κ1) is 14.2. The Kier molecular flexibility index (Phi) is 5.38. The number of hydrogen-bond donors (Lipinski definition) is 3. The fraction of sp³-hybridized carbons (Fsp3) is 0.500. The van der Waals surface area contributed by atoms with Gasteiger partial charge in [0.05, 0.1) is 19.4 Å². The van der Waals surface area contributed by atoms with E-state index in [9.17, 15) is 9.59 Å². The van der Waals surface area contributed by atoms with Gasteiger partial charge in [0.1, 0.15) is 11.3 Å². The van der Waals surface area contributed by atoms with Crippen LogP contribution in [0.1, 0.15) is 30.0 Å². The molecule has 1 rings (SSSR count). The number of nitrogens with one attached hydrogen (secondary N) is 2. The molecule has 6 heteroatoms. The van der Waals surface area contributed by atoms with Gasteiger partial charge < -0.3 is 20.2 Å². The molecule has 100 valence electrons. The van der Waals surface area contributed by atoms with E-state index in [0.717, 1.165) is 0 Å². The molecule has 3 N–H and O–H groups in total. The maximum atomic E-state index is 11.4. The maximum absolute atomic E-state index is 11.4. The highest BCUT2D eigenvalue weighted by Crippen LogP contribution is 2.09. The summed E-state index contributed by atoms with van der Waals surface area (Å²) in [7, 11) is 0. The zero-order chi connectivity index (χ0) is 13.5. The molecular formula is C12H18N2O4. The number of aromatic carboxylic acids is 1. The molecule has 6 nitrogen and oxygen atoms in total. The van der Waals surface area contributed by atoms with E-state index in [1.807, 2.05) is 13.8 Å². The normalized spacial score (nSPS) is 10.6. The van der Waals surface area contributed by atoms with Crippen LogP contribution in [0.3, 0.4) is 0 Å². The summed E-state index contributed by atoms with van der Waals surface area (Å²) in [6.07, 6.45) is 1.32. The van der Waals surface area contributed by atoms with Crippen LogP contribution >= 0.6 is 0 Å². The minimum atomic E-state index is -1.04. The van der Waals surface area contributed by atoms with Gasteiger partial charge in [-0.15, -0.1) is 0 Å². The zero-order valence-electron chi connectivity index (χ0n) is 10.5. The average molecular weight is 254 g/mol. The van der Waals surface area contributed by atoms with Crippen molar-refractivity contribution < 1.29 is 19.1 Å². The van der Waals surface area contributed by atoms with Crippen molar-refractivity contribution in [2.24, 2.45) is 5.92 Å². The topological polar surface area (TPSA) is 91.6 Å². The van der Waals surface area contributed by atoms with E-state index in [0.29, 0.717) is 18.2 Å². The Hall–Kier alpha value is -1.82. The van der Waals surface area contributed by atoms with Crippen LogP contribution in [0.2, 0.25) is 0 Å². The number of amides is 1. The number of hydrogen-bond acceptors (Lipinski definition) is 4. The van der Waals surface area contributed by atoms with E-state index in [1.165, 1.54) is 12.3 Å². The van der Waals surface area contributed by atoms with Gasteiger partial charge in [-0.2, -0.15) is 0 Å². The summed E-state index contributed by atoms with van der Waals surface area (Å²) < 4.78 is 5.03. The minimum Gasteiger partial charge on any atom is -0.478 e. The van der Waals surface area contributed by atoms with Gasteiger partial charge in [0, 0.05) is 6.54 Å². The van der Waals surface area contributed by atoms with Gasteiger partial charge in [-0.1, -0.05) is 13.8 Å². The molecule has 1 aromatic heterocycles. The van der Waals surface area contributed by atoms with Gasteiger partial charge in [-0.05, 0) is 12.0 Å². The summed E-state index contributed by atoms with van der Waals surface area (Å²) in [5, 5.41) is 14.4. The lowest BCUT2D eigenvalue weighted by Crippen LogP contribution is -2.35. The monoisotopic (exact) mass is 254 g/mol. The van der Waals surface area contributed by atoms with Gasteiger partial charge in [0.25, 0.3) is 0 Å². The highest BCUT2D eigenvalue weighted by molar-refractivity contribution is 5.88.